The fourth-order valence-corrected chi connectivity index (χ4v) is 1.87. The van der Waals surface area contributed by atoms with Crippen LogP contribution in [0.3, 0.4) is 0 Å². The van der Waals surface area contributed by atoms with Crippen molar-refractivity contribution in [2.75, 3.05) is 10.7 Å². The third-order valence-electron chi connectivity index (χ3n) is 3.00. The number of nitrogens with zero attached hydrogens (tertiary/aromatic N) is 1. The second-order valence-electron chi connectivity index (χ2n) is 4.40. The molecule has 7 nitrogen and oxygen atoms in total. The van der Waals surface area contributed by atoms with Crippen LogP contribution in [0.4, 0.5) is 17.1 Å². The van der Waals surface area contributed by atoms with Crippen LogP contribution in [0.2, 0.25) is 0 Å². The predicted molar refractivity (Wildman–Crippen MR) is 80.0 cm³/mol. The minimum atomic E-state index is -0.604. The van der Waals surface area contributed by atoms with E-state index in [1.165, 1.54) is 18.2 Å². The number of nitrogen functional groups attached to an aromatic ring is 1. The number of amides is 1. The molecule has 0 radical (unpaired) electrons. The zero-order valence-electron chi connectivity index (χ0n) is 11.3. The Hall–Kier alpha value is -2.93. The van der Waals surface area contributed by atoms with Crippen molar-refractivity contribution in [3.05, 3.63) is 63.7 Å². The number of carbonyl (C=O) groups is 1. The Kier molecular flexibility index (Phi) is 4.15. The van der Waals surface area contributed by atoms with Gasteiger partial charge in [0.25, 0.3) is 11.6 Å². The Balaban J connectivity index is 2.38. The first kappa shape index (κ1) is 14.5. The zero-order valence-corrected chi connectivity index (χ0v) is 11.3. The van der Waals surface area contributed by atoms with Gasteiger partial charge in [-0.2, -0.15) is 0 Å². The van der Waals surface area contributed by atoms with Crippen molar-refractivity contribution in [2.24, 2.45) is 5.84 Å². The lowest BCUT2D eigenvalue weighted by atomic mass is 10.1. The molecule has 0 aliphatic rings. The Labute approximate surface area is 120 Å². The van der Waals surface area contributed by atoms with E-state index in [0.29, 0.717) is 11.4 Å². The molecule has 0 spiro atoms. The fraction of sp³-hybridized carbons (Fsp3) is 0.0714. The minimum Gasteiger partial charge on any atom is -0.324 e. The summed E-state index contributed by atoms with van der Waals surface area (Å²) in [6, 6.07) is 11.2. The molecule has 1 amide bonds. The van der Waals surface area contributed by atoms with Crippen molar-refractivity contribution in [3.8, 4) is 0 Å². The molecule has 0 unspecified atom stereocenters. The highest BCUT2D eigenvalue weighted by atomic mass is 16.6. The van der Waals surface area contributed by atoms with Gasteiger partial charge >= 0.3 is 0 Å². The molecule has 4 N–H and O–H groups in total. The van der Waals surface area contributed by atoms with Crippen molar-refractivity contribution in [1.29, 1.82) is 0 Å². The summed E-state index contributed by atoms with van der Waals surface area (Å²) in [5.41, 5.74) is 3.90. The van der Waals surface area contributed by atoms with Gasteiger partial charge in [-0.15, -0.1) is 0 Å². The van der Waals surface area contributed by atoms with Crippen LogP contribution in [-0.2, 0) is 0 Å². The number of rotatable bonds is 4. The maximum absolute atomic E-state index is 12.3. The highest BCUT2D eigenvalue weighted by molar-refractivity contribution is 6.08. The molecular weight excluding hydrogens is 272 g/mol. The lowest BCUT2D eigenvalue weighted by molar-refractivity contribution is -0.385. The summed E-state index contributed by atoms with van der Waals surface area (Å²) in [5.74, 6) is 4.71. The topological polar surface area (TPSA) is 110 Å². The van der Waals surface area contributed by atoms with Crippen LogP contribution < -0.4 is 16.6 Å². The van der Waals surface area contributed by atoms with Crippen LogP contribution in [0.15, 0.2) is 42.5 Å². The van der Waals surface area contributed by atoms with E-state index in [1.807, 2.05) is 19.1 Å². The molecule has 0 atom stereocenters. The zero-order chi connectivity index (χ0) is 15.4. The van der Waals surface area contributed by atoms with Crippen molar-refractivity contribution < 1.29 is 9.72 Å². The molecule has 0 saturated heterocycles. The number of carbonyl (C=O) groups excluding carboxylic acids is 1. The van der Waals surface area contributed by atoms with Crippen LogP contribution in [0, 0.1) is 17.0 Å². The van der Waals surface area contributed by atoms with Gasteiger partial charge in [-0.05, 0) is 30.7 Å². The van der Waals surface area contributed by atoms with Gasteiger partial charge in [0.2, 0.25) is 0 Å². The predicted octanol–water partition coefficient (Wildman–Crippen LogP) is 2.44. The Morgan fingerprint density at radius 2 is 1.95 bits per heavy atom. The van der Waals surface area contributed by atoms with Crippen LogP contribution in [0.25, 0.3) is 0 Å². The van der Waals surface area contributed by atoms with Crippen molar-refractivity contribution in [2.45, 2.75) is 6.92 Å². The number of benzene rings is 2. The minimum absolute atomic E-state index is 0.0568. The first-order valence-electron chi connectivity index (χ1n) is 6.15. The van der Waals surface area contributed by atoms with E-state index in [9.17, 15) is 14.9 Å². The van der Waals surface area contributed by atoms with Crippen molar-refractivity contribution in [1.82, 2.24) is 0 Å². The first-order chi connectivity index (χ1) is 10.0. The van der Waals surface area contributed by atoms with Crippen molar-refractivity contribution >= 4 is 23.0 Å². The van der Waals surface area contributed by atoms with E-state index in [0.717, 1.165) is 5.56 Å². The lowest BCUT2D eigenvalue weighted by Gasteiger charge is -2.09. The molecule has 0 aliphatic carbocycles. The number of nitro groups is 1. The quantitative estimate of drug-likeness (QED) is 0.454. The average molecular weight is 286 g/mol. The van der Waals surface area contributed by atoms with Crippen LogP contribution >= 0.6 is 0 Å². The van der Waals surface area contributed by atoms with Gasteiger partial charge in [0.05, 0.1) is 4.92 Å². The third-order valence-corrected chi connectivity index (χ3v) is 3.00. The molecule has 0 fully saturated rings. The number of hydrazine groups is 1. The molecule has 7 heteroatoms. The number of nitro benzene ring substituents is 1. The normalized spacial score (nSPS) is 10.0. The Morgan fingerprint density at radius 3 is 2.57 bits per heavy atom. The Bertz CT molecular complexity index is 700. The number of aryl methyl sites for hydroxylation is 1. The summed E-state index contributed by atoms with van der Waals surface area (Å²) in [5, 5.41) is 13.7. The summed E-state index contributed by atoms with van der Waals surface area (Å²) in [6.07, 6.45) is 0. The summed E-state index contributed by atoms with van der Waals surface area (Å²) < 4.78 is 0. The third kappa shape index (κ3) is 3.15. The van der Waals surface area contributed by atoms with Crippen LogP contribution in [-0.4, -0.2) is 10.8 Å². The summed E-state index contributed by atoms with van der Waals surface area (Å²) in [7, 11) is 0. The smallest absolute Gasteiger partial charge is 0.282 e. The molecule has 0 heterocycles. The molecule has 108 valence electrons. The van der Waals surface area contributed by atoms with Gasteiger partial charge in [0.1, 0.15) is 5.56 Å². The molecule has 0 bridgehead atoms. The van der Waals surface area contributed by atoms with E-state index < -0.39 is 10.8 Å². The number of nitrogens with two attached hydrogens (primary N) is 1. The summed E-state index contributed by atoms with van der Waals surface area (Å²) in [6.45, 7) is 1.84. The molecular formula is C14H14N4O3. The molecule has 2 aromatic rings. The summed E-state index contributed by atoms with van der Waals surface area (Å²) in [4.78, 5) is 22.7. The number of anilines is 2. The molecule has 2 aromatic carbocycles. The largest absolute Gasteiger partial charge is 0.324 e. The van der Waals surface area contributed by atoms with Crippen molar-refractivity contribution in [3.63, 3.8) is 0 Å². The first-order valence-corrected chi connectivity index (χ1v) is 6.15. The number of para-hydroxylation sites is 1. The summed E-state index contributed by atoms with van der Waals surface area (Å²) >= 11 is 0. The molecule has 2 rings (SSSR count). The van der Waals surface area contributed by atoms with Gasteiger partial charge in [-0.1, -0.05) is 18.2 Å². The highest BCUT2D eigenvalue weighted by Gasteiger charge is 2.21. The van der Waals surface area contributed by atoms with Gasteiger partial charge < -0.3 is 10.7 Å². The second-order valence-corrected chi connectivity index (χ2v) is 4.40. The highest BCUT2D eigenvalue weighted by Crippen LogP contribution is 2.24. The molecule has 0 aromatic heterocycles. The van der Waals surface area contributed by atoms with Gasteiger partial charge in [0, 0.05) is 17.4 Å². The monoisotopic (exact) mass is 286 g/mol. The maximum Gasteiger partial charge on any atom is 0.282 e. The van der Waals surface area contributed by atoms with E-state index >= 15 is 0 Å². The van der Waals surface area contributed by atoms with Crippen LogP contribution in [0.1, 0.15) is 15.9 Å². The standard InChI is InChI=1S/C14H14N4O3/c1-9-4-2-3-5-12(9)16-14(19)11-8-10(17-15)6-7-13(11)18(20)21/h2-8,17H,15H2,1H3,(H,16,19). The van der Waals surface area contributed by atoms with E-state index in [-0.39, 0.29) is 11.3 Å². The Morgan fingerprint density at radius 1 is 1.24 bits per heavy atom. The van der Waals surface area contributed by atoms with Gasteiger partial charge in [-0.3, -0.25) is 20.8 Å². The molecule has 21 heavy (non-hydrogen) atoms. The average Bonchev–Trinajstić information content (AvgIpc) is 2.48. The SMILES string of the molecule is Cc1ccccc1NC(=O)c1cc(NN)ccc1[N+](=O)[O-]. The van der Waals surface area contributed by atoms with Gasteiger partial charge in [-0.25, -0.2) is 0 Å². The number of hydrogen-bond acceptors (Lipinski definition) is 5. The van der Waals surface area contributed by atoms with E-state index in [2.05, 4.69) is 10.7 Å². The fourth-order valence-electron chi connectivity index (χ4n) is 1.87. The number of nitrogens with one attached hydrogen (secondary N) is 2. The second kappa shape index (κ2) is 6.02. The number of hydrogen-bond donors (Lipinski definition) is 3. The molecule has 0 saturated carbocycles. The maximum atomic E-state index is 12.3. The van der Waals surface area contributed by atoms with Gasteiger partial charge in [0.15, 0.2) is 0 Å². The van der Waals surface area contributed by atoms with Crippen LogP contribution in [0.5, 0.6) is 0 Å². The van der Waals surface area contributed by atoms with E-state index in [4.69, 9.17) is 5.84 Å². The molecule has 0 aliphatic heterocycles. The lowest BCUT2D eigenvalue weighted by Crippen LogP contribution is -2.16. The van der Waals surface area contributed by atoms with E-state index in [1.54, 1.807) is 12.1 Å².